The van der Waals surface area contributed by atoms with E-state index >= 15 is 0 Å². The molecule has 3 nitrogen and oxygen atoms in total. The van der Waals surface area contributed by atoms with Gasteiger partial charge in [-0.05, 0) is 18.4 Å². The Morgan fingerprint density at radius 1 is 1.80 bits per heavy atom. The zero-order chi connectivity index (χ0) is 7.56. The molecule has 0 bridgehead atoms. The number of allylic oxidation sites excluding steroid dienone is 2. The first kappa shape index (κ1) is 6.86. The van der Waals surface area contributed by atoms with Crippen LogP contribution in [-0.2, 0) is 4.79 Å². The van der Waals surface area contributed by atoms with E-state index in [0.29, 0.717) is 12.1 Å². The fourth-order valence-electron chi connectivity index (χ4n) is 0.819. The molecule has 1 N–H and O–H groups in total. The Morgan fingerprint density at radius 3 is 2.90 bits per heavy atom. The van der Waals surface area contributed by atoms with Gasteiger partial charge in [0, 0.05) is 13.6 Å². The Kier molecular flexibility index (Phi) is 1.76. The van der Waals surface area contributed by atoms with Gasteiger partial charge in [0.2, 0.25) is 0 Å². The molecule has 10 heavy (non-hydrogen) atoms. The second kappa shape index (κ2) is 2.56. The normalized spacial score (nSPS) is 16.9. The summed E-state index contributed by atoms with van der Waals surface area (Å²) in [5.41, 5.74) is 0.435. The number of hydrogen-bond acceptors (Lipinski definition) is 2. The summed E-state index contributed by atoms with van der Waals surface area (Å²) in [7, 11) is 1.84. The minimum atomic E-state index is -0.837. The SMILES string of the molecule is CN1C=CC=C(C(=O)O)C1. The first-order valence-electron chi connectivity index (χ1n) is 3.01. The van der Waals surface area contributed by atoms with E-state index in [0.717, 1.165) is 0 Å². The van der Waals surface area contributed by atoms with Gasteiger partial charge in [-0.1, -0.05) is 0 Å². The van der Waals surface area contributed by atoms with Crippen LogP contribution in [0, 0.1) is 0 Å². The zero-order valence-corrected chi connectivity index (χ0v) is 5.74. The molecule has 3 heteroatoms. The van der Waals surface area contributed by atoms with Crippen molar-refractivity contribution in [1.29, 1.82) is 0 Å². The molecule has 0 aromatic carbocycles. The van der Waals surface area contributed by atoms with Crippen molar-refractivity contribution in [3.05, 3.63) is 23.9 Å². The Hall–Kier alpha value is -1.25. The van der Waals surface area contributed by atoms with E-state index in [2.05, 4.69) is 0 Å². The largest absolute Gasteiger partial charge is 0.478 e. The highest BCUT2D eigenvalue weighted by Crippen LogP contribution is 2.04. The minimum absolute atomic E-state index is 0.435. The lowest BCUT2D eigenvalue weighted by Gasteiger charge is -2.16. The first-order valence-corrected chi connectivity index (χ1v) is 3.01. The van der Waals surface area contributed by atoms with Gasteiger partial charge >= 0.3 is 5.97 Å². The average molecular weight is 139 g/mol. The number of rotatable bonds is 1. The molecule has 0 aromatic heterocycles. The molecule has 0 aromatic rings. The van der Waals surface area contributed by atoms with E-state index in [1.807, 2.05) is 18.1 Å². The number of carboxylic acids is 1. The molecule has 0 radical (unpaired) electrons. The van der Waals surface area contributed by atoms with Crippen molar-refractivity contribution in [2.75, 3.05) is 13.6 Å². The Balaban J connectivity index is 2.71. The molecule has 0 saturated carbocycles. The zero-order valence-electron chi connectivity index (χ0n) is 5.74. The van der Waals surface area contributed by atoms with Gasteiger partial charge in [-0.2, -0.15) is 0 Å². The van der Waals surface area contributed by atoms with Gasteiger partial charge in [0.05, 0.1) is 5.57 Å². The topological polar surface area (TPSA) is 40.5 Å². The predicted molar refractivity (Wildman–Crippen MR) is 37.5 cm³/mol. The standard InChI is InChI=1S/C7H9NO2/c1-8-4-2-3-6(5-8)7(9)10/h2-4H,5H2,1H3,(H,9,10). The molecule has 0 saturated heterocycles. The van der Waals surface area contributed by atoms with Gasteiger partial charge in [-0.25, -0.2) is 4.79 Å². The highest BCUT2D eigenvalue weighted by Gasteiger charge is 2.09. The molecule has 1 heterocycles. The molecule has 0 atom stereocenters. The third kappa shape index (κ3) is 1.37. The maximum atomic E-state index is 10.4. The van der Waals surface area contributed by atoms with Crippen molar-refractivity contribution in [1.82, 2.24) is 4.90 Å². The Labute approximate surface area is 59.3 Å². The van der Waals surface area contributed by atoms with Gasteiger partial charge in [0.25, 0.3) is 0 Å². The molecule has 54 valence electrons. The lowest BCUT2D eigenvalue weighted by Crippen LogP contribution is -2.20. The molecular formula is C7H9NO2. The second-order valence-electron chi connectivity index (χ2n) is 2.25. The van der Waals surface area contributed by atoms with Crippen molar-refractivity contribution in [2.24, 2.45) is 0 Å². The fraction of sp³-hybridized carbons (Fsp3) is 0.286. The van der Waals surface area contributed by atoms with E-state index in [9.17, 15) is 4.79 Å². The van der Waals surface area contributed by atoms with Crippen molar-refractivity contribution in [3.63, 3.8) is 0 Å². The van der Waals surface area contributed by atoms with Gasteiger partial charge in [-0.15, -0.1) is 0 Å². The maximum absolute atomic E-state index is 10.4. The van der Waals surface area contributed by atoms with Crippen LogP contribution in [0.25, 0.3) is 0 Å². The van der Waals surface area contributed by atoms with E-state index in [-0.39, 0.29) is 0 Å². The van der Waals surface area contributed by atoms with Crippen molar-refractivity contribution in [3.8, 4) is 0 Å². The summed E-state index contributed by atoms with van der Waals surface area (Å²) in [6.45, 7) is 0.492. The van der Waals surface area contributed by atoms with E-state index < -0.39 is 5.97 Å². The summed E-state index contributed by atoms with van der Waals surface area (Å²) in [4.78, 5) is 12.2. The van der Waals surface area contributed by atoms with Gasteiger partial charge in [0.1, 0.15) is 0 Å². The molecule has 1 aliphatic rings. The number of likely N-dealkylation sites (N-methyl/N-ethyl adjacent to an activating group) is 1. The highest BCUT2D eigenvalue weighted by atomic mass is 16.4. The number of nitrogens with zero attached hydrogens (tertiary/aromatic N) is 1. The first-order chi connectivity index (χ1) is 4.70. The highest BCUT2D eigenvalue weighted by molar-refractivity contribution is 5.87. The van der Waals surface area contributed by atoms with Crippen LogP contribution in [0.4, 0.5) is 0 Å². The van der Waals surface area contributed by atoms with Crippen LogP contribution in [0.5, 0.6) is 0 Å². The van der Waals surface area contributed by atoms with Crippen LogP contribution in [0.1, 0.15) is 0 Å². The monoisotopic (exact) mass is 139 g/mol. The smallest absolute Gasteiger partial charge is 0.333 e. The quantitative estimate of drug-likeness (QED) is 0.573. The molecule has 0 aliphatic carbocycles. The second-order valence-corrected chi connectivity index (χ2v) is 2.25. The van der Waals surface area contributed by atoms with Crippen LogP contribution in [0.15, 0.2) is 23.9 Å². The van der Waals surface area contributed by atoms with Crippen molar-refractivity contribution < 1.29 is 9.90 Å². The van der Waals surface area contributed by atoms with E-state index in [1.54, 1.807) is 12.2 Å². The van der Waals surface area contributed by atoms with Crippen molar-refractivity contribution in [2.45, 2.75) is 0 Å². The van der Waals surface area contributed by atoms with E-state index in [1.165, 1.54) is 0 Å². The summed E-state index contributed by atoms with van der Waals surface area (Å²) in [6.07, 6.45) is 5.18. The molecule has 0 amide bonds. The number of aliphatic carboxylic acids is 1. The Bertz CT molecular complexity index is 206. The van der Waals surface area contributed by atoms with Crippen molar-refractivity contribution >= 4 is 5.97 Å². The van der Waals surface area contributed by atoms with Crippen LogP contribution in [0.2, 0.25) is 0 Å². The number of carbonyl (C=O) groups is 1. The summed E-state index contributed by atoms with van der Waals surface area (Å²) in [5, 5.41) is 8.53. The van der Waals surface area contributed by atoms with Crippen LogP contribution >= 0.6 is 0 Å². The third-order valence-corrected chi connectivity index (χ3v) is 1.33. The lowest BCUT2D eigenvalue weighted by molar-refractivity contribution is -0.132. The summed E-state index contributed by atoms with van der Waals surface area (Å²) < 4.78 is 0. The van der Waals surface area contributed by atoms with Crippen LogP contribution < -0.4 is 0 Å². The summed E-state index contributed by atoms with van der Waals surface area (Å²) in [6, 6.07) is 0. The average Bonchev–Trinajstić information content (AvgIpc) is 1.88. The predicted octanol–water partition coefficient (Wildman–Crippen LogP) is 0.456. The van der Waals surface area contributed by atoms with Gasteiger partial charge < -0.3 is 10.0 Å². The summed E-state index contributed by atoms with van der Waals surface area (Å²) >= 11 is 0. The number of hydrogen-bond donors (Lipinski definition) is 1. The van der Waals surface area contributed by atoms with Crippen LogP contribution in [0.3, 0.4) is 0 Å². The summed E-state index contributed by atoms with van der Waals surface area (Å²) in [5.74, 6) is -0.837. The van der Waals surface area contributed by atoms with E-state index in [4.69, 9.17) is 5.11 Å². The molecule has 0 spiro atoms. The number of carboxylic acid groups (broad SMARTS) is 1. The lowest BCUT2D eigenvalue weighted by atomic mass is 10.2. The fourth-order valence-corrected chi connectivity index (χ4v) is 0.819. The molecular weight excluding hydrogens is 130 g/mol. The molecule has 0 fully saturated rings. The maximum Gasteiger partial charge on any atom is 0.333 e. The molecule has 0 unspecified atom stereocenters. The third-order valence-electron chi connectivity index (χ3n) is 1.33. The van der Waals surface area contributed by atoms with Gasteiger partial charge in [0.15, 0.2) is 0 Å². The molecule has 1 rings (SSSR count). The minimum Gasteiger partial charge on any atom is -0.478 e. The Morgan fingerprint density at radius 2 is 2.50 bits per heavy atom. The molecule has 1 aliphatic heterocycles. The van der Waals surface area contributed by atoms with Crippen LogP contribution in [-0.4, -0.2) is 29.6 Å². The van der Waals surface area contributed by atoms with Gasteiger partial charge in [-0.3, -0.25) is 0 Å².